The average Bonchev–Trinajstić information content (AvgIpc) is 2.17. The van der Waals surface area contributed by atoms with E-state index >= 15 is 0 Å². The summed E-state index contributed by atoms with van der Waals surface area (Å²) in [4.78, 5) is 0. The van der Waals surface area contributed by atoms with Crippen molar-refractivity contribution in [2.75, 3.05) is 13.6 Å². The third-order valence-electron chi connectivity index (χ3n) is 2.07. The van der Waals surface area contributed by atoms with Crippen LogP contribution in [0.2, 0.25) is 0 Å². The predicted octanol–water partition coefficient (Wildman–Crippen LogP) is 2.09. The lowest BCUT2D eigenvalue weighted by atomic mass is 10.2. The monoisotopic (exact) mass is 215 g/mol. The van der Waals surface area contributed by atoms with Gasteiger partial charge in [0.2, 0.25) is 0 Å². The van der Waals surface area contributed by atoms with Gasteiger partial charge in [-0.15, -0.1) is 0 Å². The topological polar surface area (TPSA) is 21.3 Å². The van der Waals surface area contributed by atoms with Crippen molar-refractivity contribution >= 4 is 0 Å². The molecule has 0 aliphatic rings. The van der Waals surface area contributed by atoms with Crippen molar-refractivity contribution in [2.24, 2.45) is 0 Å². The number of likely N-dealkylation sites (N-methyl/N-ethyl adjacent to an activating group) is 1. The lowest BCUT2D eigenvalue weighted by molar-refractivity contribution is 0.0511. The second-order valence-electron chi connectivity index (χ2n) is 3.38. The molecule has 1 unspecified atom stereocenters. The van der Waals surface area contributed by atoms with Crippen LogP contribution in [0.4, 0.5) is 8.78 Å². The molecule has 0 amide bonds. The van der Waals surface area contributed by atoms with Gasteiger partial charge >= 0.3 is 0 Å². The SMILES string of the molecule is CNCC(C)OCc1c(F)cccc1F. The molecular weight excluding hydrogens is 200 g/mol. The lowest BCUT2D eigenvalue weighted by Gasteiger charge is -2.13. The lowest BCUT2D eigenvalue weighted by Crippen LogP contribution is -2.23. The minimum atomic E-state index is -0.563. The second-order valence-corrected chi connectivity index (χ2v) is 3.38. The maximum atomic E-state index is 13.2. The van der Waals surface area contributed by atoms with Gasteiger partial charge < -0.3 is 10.1 Å². The van der Waals surface area contributed by atoms with Crippen LogP contribution in [0.25, 0.3) is 0 Å². The standard InChI is InChI=1S/C11H15F2NO/c1-8(6-14-2)15-7-9-10(12)4-3-5-11(9)13/h3-5,8,14H,6-7H2,1-2H3. The summed E-state index contributed by atoms with van der Waals surface area (Å²) in [6, 6.07) is 3.79. The maximum Gasteiger partial charge on any atom is 0.131 e. The van der Waals surface area contributed by atoms with Crippen LogP contribution in [0.3, 0.4) is 0 Å². The summed E-state index contributed by atoms with van der Waals surface area (Å²) in [7, 11) is 1.80. The van der Waals surface area contributed by atoms with E-state index in [9.17, 15) is 8.78 Å². The van der Waals surface area contributed by atoms with Gasteiger partial charge in [0, 0.05) is 12.1 Å². The molecule has 1 rings (SSSR count). The summed E-state index contributed by atoms with van der Waals surface area (Å²) in [6.07, 6.45) is -0.0750. The highest BCUT2D eigenvalue weighted by atomic mass is 19.1. The van der Waals surface area contributed by atoms with E-state index in [1.54, 1.807) is 7.05 Å². The smallest absolute Gasteiger partial charge is 0.131 e. The first-order valence-electron chi connectivity index (χ1n) is 4.84. The van der Waals surface area contributed by atoms with Crippen molar-refractivity contribution in [1.82, 2.24) is 5.32 Å². The number of benzene rings is 1. The molecule has 15 heavy (non-hydrogen) atoms. The highest BCUT2D eigenvalue weighted by molar-refractivity contribution is 5.18. The first-order valence-corrected chi connectivity index (χ1v) is 4.84. The van der Waals surface area contributed by atoms with E-state index in [0.717, 1.165) is 0 Å². The Morgan fingerprint density at radius 3 is 2.47 bits per heavy atom. The minimum absolute atomic E-state index is 0.0135. The van der Waals surface area contributed by atoms with Crippen molar-refractivity contribution in [3.8, 4) is 0 Å². The van der Waals surface area contributed by atoms with Gasteiger partial charge in [0.1, 0.15) is 11.6 Å². The first kappa shape index (κ1) is 12.1. The number of ether oxygens (including phenoxy) is 1. The van der Waals surface area contributed by atoms with Crippen LogP contribution in [0.5, 0.6) is 0 Å². The molecule has 0 saturated heterocycles. The summed E-state index contributed by atoms with van der Waals surface area (Å²) in [6.45, 7) is 2.45. The predicted molar refractivity (Wildman–Crippen MR) is 54.5 cm³/mol. The van der Waals surface area contributed by atoms with E-state index in [4.69, 9.17) is 4.74 Å². The number of hydrogen-bond donors (Lipinski definition) is 1. The Labute approximate surface area is 88.3 Å². The highest BCUT2D eigenvalue weighted by Gasteiger charge is 2.09. The van der Waals surface area contributed by atoms with Crippen LogP contribution in [-0.2, 0) is 11.3 Å². The van der Waals surface area contributed by atoms with Crippen molar-refractivity contribution in [2.45, 2.75) is 19.6 Å². The van der Waals surface area contributed by atoms with Gasteiger partial charge in [-0.2, -0.15) is 0 Å². The number of nitrogens with one attached hydrogen (secondary N) is 1. The van der Waals surface area contributed by atoms with Gasteiger partial charge in [-0.3, -0.25) is 0 Å². The molecule has 0 fully saturated rings. The quantitative estimate of drug-likeness (QED) is 0.812. The molecular formula is C11H15F2NO. The van der Waals surface area contributed by atoms with Gasteiger partial charge in [0.05, 0.1) is 12.7 Å². The molecule has 1 aromatic carbocycles. The van der Waals surface area contributed by atoms with Crippen LogP contribution in [0.1, 0.15) is 12.5 Å². The normalized spacial score (nSPS) is 12.8. The molecule has 84 valence electrons. The molecule has 0 bridgehead atoms. The molecule has 2 nitrogen and oxygen atoms in total. The van der Waals surface area contributed by atoms with Crippen molar-refractivity contribution < 1.29 is 13.5 Å². The van der Waals surface area contributed by atoms with Crippen molar-refractivity contribution in [1.29, 1.82) is 0 Å². The molecule has 1 atom stereocenters. The molecule has 0 heterocycles. The number of halogens is 2. The van der Waals surface area contributed by atoms with E-state index in [2.05, 4.69) is 5.32 Å². The van der Waals surface area contributed by atoms with E-state index in [1.807, 2.05) is 6.92 Å². The van der Waals surface area contributed by atoms with Crippen LogP contribution in [0.15, 0.2) is 18.2 Å². The number of rotatable bonds is 5. The van der Waals surface area contributed by atoms with E-state index in [1.165, 1.54) is 18.2 Å². The Balaban J connectivity index is 2.57. The molecule has 4 heteroatoms. The maximum absolute atomic E-state index is 13.2. The van der Waals surface area contributed by atoms with Gasteiger partial charge in [-0.05, 0) is 26.1 Å². The molecule has 1 N–H and O–H groups in total. The second kappa shape index (κ2) is 5.78. The molecule has 0 radical (unpaired) electrons. The fraction of sp³-hybridized carbons (Fsp3) is 0.455. The Morgan fingerprint density at radius 2 is 1.93 bits per heavy atom. The molecule has 0 aromatic heterocycles. The summed E-state index contributed by atoms with van der Waals surface area (Å²) in [5.41, 5.74) is -0.0135. The number of hydrogen-bond acceptors (Lipinski definition) is 2. The van der Waals surface area contributed by atoms with E-state index in [0.29, 0.717) is 6.54 Å². The van der Waals surface area contributed by atoms with Gasteiger partial charge in [0.15, 0.2) is 0 Å². The van der Waals surface area contributed by atoms with Crippen molar-refractivity contribution in [3.63, 3.8) is 0 Å². The summed E-state index contributed by atoms with van der Waals surface area (Å²) in [5.74, 6) is -1.13. The third kappa shape index (κ3) is 3.57. The Hall–Kier alpha value is -1.00. The van der Waals surface area contributed by atoms with Crippen LogP contribution in [0, 0.1) is 11.6 Å². The fourth-order valence-corrected chi connectivity index (χ4v) is 1.24. The average molecular weight is 215 g/mol. The Bertz CT molecular complexity index is 297. The van der Waals surface area contributed by atoms with Gasteiger partial charge in [-0.25, -0.2) is 8.78 Å². The third-order valence-corrected chi connectivity index (χ3v) is 2.07. The van der Waals surface area contributed by atoms with E-state index in [-0.39, 0.29) is 18.3 Å². The first-order chi connectivity index (χ1) is 7.15. The summed E-state index contributed by atoms with van der Waals surface area (Å²) < 4.78 is 31.6. The van der Waals surface area contributed by atoms with Crippen LogP contribution < -0.4 is 5.32 Å². The van der Waals surface area contributed by atoms with Gasteiger partial charge in [-0.1, -0.05) is 6.07 Å². The summed E-state index contributed by atoms with van der Waals surface area (Å²) in [5, 5.41) is 2.92. The Morgan fingerprint density at radius 1 is 1.33 bits per heavy atom. The van der Waals surface area contributed by atoms with Crippen LogP contribution >= 0.6 is 0 Å². The molecule has 1 aromatic rings. The van der Waals surface area contributed by atoms with Crippen molar-refractivity contribution in [3.05, 3.63) is 35.4 Å². The van der Waals surface area contributed by atoms with Gasteiger partial charge in [0.25, 0.3) is 0 Å². The fourth-order valence-electron chi connectivity index (χ4n) is 1.24. The highest BCUT2D eigenvalue weighted by Crippen LogP contribution is 2.13. The zero-order valence-electron chi connectivity index (χ0n) is 8.89. The molecule has 0 saturated carbocycles. The Kier molecular flexibility index (Phi) is 4.65. The molecule has 0 aliphatic heterocycles. The summed E-state index contributed by atoms with van der Waals surface area (Å²) >= 11 is 0. The zero-order valence-corrected chi connectivity index (χ0v) is 8.89. The zero-order chi connectivity index (χ0) is 11.3. The molecule has 0 aliphatic carbocycles. The van der Waals surface area contributed by atoms with E-state index < -0.39 is 11.6 Å². The molecule has 0 spiro atoms. The minimum Gasteiger partial charge on any atom is -0.372 e. The van der Waals surface area contributed by atoms with Crippen LogP contribution in [-0.4, -0.2) is 19.7 Å². The largest absolute Gasteiger partial charge is 0.372 e.